The lowest BCUT2D eigenvalue weighted by molar-refractivity contribution is 0.0161. The van der Waals surface area contributed by atoms with Gasteiger partial charge in [0.1, 0.15) is 11.4 Å². The molecule has 4 rings (SSSR count). The number of morpholine rings is 1. The second-order valence-electron chi connectivity index (χ2n) is 7.82. The van der Waals surface area contributed by atoms with Gasteiger partial charge in [-0.05, 0) is 48.2 Å². The van der Waals surface area contributed by atoms with Gasteiger partial charge in [-0.2, -0.15) is 0 Å². The van der Waals surface area contributed by atoms with E-state index in [1.165, 1.54) is 12.1 Å². The van der Waals surface area contributed by atoms with E-state index in [0.29, 0.717) is 31.9 Å². The van der Waals surface area contributed by atoms with Crippen molar-refractivity contribution >= 4 is 11.0 Å². The molecule has 0 radical (unpaired) electrons. The van der Waals surface area contributed by atoms with Crippen LogP contribution in [0.5, 0.6) is 0 Å². The Labute approximate surface area is 175 Å². The Balaban J connectivity index is 1.55. The van der Waals surface area contributed by atoms with Gasteiger partial charge in [-0.3, -0.25) is 4.90 Å². The fourth-order valence-electron chi connectivity index (χ4n) is 4.05. The van der Waals surface area contributed by atoms with Crippen molar-refractivity contribution in [2.45, 2.75) is 26.4 Å². The molecule has 158 valence electrons. The van der Waals surface area contributed by atoms with Crippen LogP contribution in [0.25, 0.3) is 11.0 Å². The Morgan fingerprint density at radius 2 is 1.83 bits per heavy atom. The largest absolute Gasteiger partial charge is 0.422 e. The van der Waals surface area contributed by atoms with Gasteiger partial charge in [-0.1, -0.05) is 24.3 Å². The fourth-order valence-corrected chi connectivity index (χ4v) is 4.05. The zero-order chi connectivity index (χ0) is 21.1. The number of hydrogen-bond donors (Lipinski definition) is 1. The van der Waals surface area contributed by atoms with Crippen molar-refractivity contribution < 1.29 is 13.5 Å². The molecule has 2 aromatic carbocycles. The molecular weight excluding hydrogens is 383 g/mol. The van der Waals surface area contributed by atoms with Gasteiger partial charge < -0.3 is 14.5 Å². The first-order chi connectivity index (χ1) is 14.5. The first-order valence-electron chi connectivity index (χ1n) is 10.3. The molecule has 0 bridgehead atoms. The normalized spacial score (nSPS) is 16.1. The van der Waals surface area contributed by atoms with Crippen molar-refractivity contribution in [3.63, 3.8) is 0 Å². The van der Waals surface area contributed by atoms with Crippen LogP contribution < -0.4 is 10.9 Å². The van der Waals surface area contributed by atoms with Crippen LogP contribution >= 0.6 is 0 Å². The summed E-state index contributed by atoms with van der Waals surface area (Å²) in [5.74, 6) is -0.236. The number of hydrogen-bond acceptors (Lipinski definition) is 5. The zero-order valence-corrected chi connectivity index (χ0v) is 17.4. The predicted molar refractivity (Wildman–Crippen MR) is 115 cm³/mol. The average Bonchev–Trinajstić information content (AvgIpc) is 2.75. The summed E-state index contributed by atoms with van der Waals surface area (Å²) < 4.78 is 24.4. The zero-order valence-electron chi connectivity index (χ0n) is 17.4. The predicted octanol–water partition coefficient (Wildman–Crippen LogP) is 3.71. The molecule has 5 nitrogen and oxygen atoms in total. The van der Waals surface area contributed by atoms with Crippen LogP contribution in [-0.4, -0.2) is 37.7 Å². The Morgan fingerprint density at radius 3 is 2.57 bits per heavy atom. The SMILES string of the molecule is Cc1ccc2c(CNC[C@H](c3ccc(F)cc3)N3CCOCC3)cc(=O)oc2c1C. The molecule has 6 heteroatoms. The third-order valence-corrected chi connectivity index (χ3v) is 5.91. The van der Waals surface area contributed by atoms with Crippen molar-refractivity contribution in [1.29, 1.82) is 0 Å². The molecule has 0 unspecified atom stereocenters. The fraction of sp³-hybridized carbons (Fsp3) is 0.375. The minimum absolute atomic E-state index is 0.102. The molecule has 3 aromatic rings. The van der Waals surface area contributed by atoms with Crippen molar-refractivity contribution in [3.05, 3.63) is 81.0 Å². The number of halogens is 1. The molecule has 30 heavy (non-hydrogen) atoms. The molecule has 1 aliphatic heterocycles. The highest BCUT2D eigenvalue weighted by atomic mass is 19.1. The van der Waals surface area contributed by atoms with Crippen LogP contribution in [-0.2, 0) is 11.3 Å². The van der Waals surface area contributed by atoms with E-state index in [-0.39, 0.29) is 17.5 Å². The smallest absolute Gasteiger partial charge is 0.336 e. The summed E-state index contributed by atoms with van der Waals surface area (Å²) in [6.45, 7) is 8.27. The third-order valence-electron chi connectivity index (χ3n) is 5.91. The third kappa shape index (κ3) is 4.46. The van der Waals surface area contributed by atoms with Gasteiger partial charge in [-0.15, -0.1) is 0 Å². The lowest BCUT2D eigenvalue weighted by Gasteiger charge is -2.35. The van der Waals surface area contributed by atoms with Crippen LogP contribution in [0.3, 0.4) is 0 Å². The van der Waals surface area contributed by atoms with Crippen molar-refractivity contribution in [3.8, 4) is 0 Å². The Bertz CT molecular complexity index is 1070. The summed E-state index contributed by atoms with van der Waals surface area (Å²) in [6, 6.07) is 12.4. The molecule has 1 aromatic heterocycles. The number of ether oxygens (including phenoxy) is 1. The Morgan fingerprint density at radius 1 is 1.10 bits per heavy atom. The van der Waals surface area contributed by atoms with E-state index in [9.17, 15) is 9.18 Å². The average molecular weight is 410 g/mol. The van der Waals surface area contributed by atoms with Gasteiger partial charge in [0.15, 0.2) is 0 Å². The summed E-state index contributed by atoms with van der Waals surface area (Å²) in [5.41, 5.74) is 4.39. The highest BCUT2D eigenvalue weighted by molar-refractivity contribution is 5.83. The molecule has 0 saturated carbocycles. The Hall–Kier alpha value is -2.54. The van der Waals surface area contributed by atoms with Crippen LogP contribution in [0, 0.1) is 19.7 Å². The van der Waals surface area contributed by atoms with Crippen LogP contribution in [0.4, 0.5) is 4.39 Å². The lowest BCUT2D eigenvalue weighted by atomic mass is 10.0. The number of nitrogens with zero attached hydrogens (tertiary/aromatic N) is 1. The van der Waals surface area contributed by atoms with E-state index < -0.39 is 0 Å². The van der Waals surface area contributed by atoms with Gasteiger partial charge in [0.25, 0.3) is 0 Å². The van der Waals surface area contributed by atoms with Gasteiger partial charge >= 0.3 is 5.63 Å². The molecular formula is C24H27FN2O3. The van der Waals surface area contributed by atoms with Gasteiger partial charge in [0.2, 0.25) is 0 Å². The maximum Gasteiger partial charge on any atom is 0.336 e. The van der Waals surface area contributed by atoms with Crippen LogP contribution in [0.15, 0.2) is 51.7 Å². The van der Waals surface area contributed by atoms with Gasteiger partial charge in [0, 0.05) is 43.7 Å². The van der Waals surface area contributed by atoms with E-state index >= 15 is 0 Å². The number of nitrogens with one attached hydrogen (secondary N) is 1. The minimum Gasteiger partial charge on any atom is -0.422 e. The standard InChI is InChI=1S/C24H27FN2O3/c1-16-3-8-21-19(13-23(28)30-24(21)17(16)2)14-26-15-22(27-9-11-29-12-10-27)18-4-6-20(25)7-5-18/h3-8,13,22,26H,9-12,14-15H2,1-2H3/t22-/m1/s1. The molecule has 0 aliphatic carbocycles. The lowest BCUT2D eigenvalue weighted by Crippen LogP contribution is -2.42. The van der Waals surface area contributed by atoms with Crippen molar-refractivity contribution in [2.75, 3.05) is 32.8 Å². The summed E-state index contributed by atoms with van der Waals surface area (Å²) in [7, 11) is 0. The number of benzene rings is 2. The second kappa shape index (κ2) is 9.08. The first-order valence-corrected chi connectivity index (χ1v) is 10.3. The van der Waals surface area contributed by atoms with E-state index in [1.807, 2.05) is 32.0 Å². The molecule has 1 N–H and O–H groups in total. The second-order valence-corrected chi connectivity index (χ2v) is 7.82. The molecule has 1 saturated heterocycles. The van der Waals surface area contributed by atoms with E-state index in [4.69, 9.17) is 9.15 Å². The quantitative estimate of drug-likeness (QED) is 0.628. The molecule has 0 spiro atoms. The molecule has 0 amide bonds. The molecule has 1 aliphatic rings. The topological polar surface area (TPSA) is 54.7 Å². The number of rotatable bonds is 6. The maximum absolute atomic E-state index is 13.4. The molecule has 2 heterocycles. The summed E-state index contributed by atoms with van der Waals surface area (Å²) >= 11 is 0. The van der Waals surface area contributed by atoms with E-state index in [1.54, 1.807) is 6.07 Å². The van der Waals surface area contributed by atoms with E-state index in [0.717, 1.165) is 40.7 Å². The van der Waals surface area contributed by atoms with Crippen molar-refractivity contribution in [1.82, 2.24) is 10.2 Å². The number of aryl methyl sites for hydroxylation is 2. The van der Waals surface area contributed by atoms with Crippen LogP contribution in [0.1, 0.15) is 28.3 Å². The Kier molecular flexibility index (Phi) is 6.27. The first kappa shape index (κ1) is 20.7. The van der Waals surface area contributed by atoms with Crippen LogP contribution in [0.2, 0.25) is 0 Å². The van der Waals surface area contributed by atoms with E-state index in [2.05, 4.69) is 16.3 Å². The molecule has 1 fully saturated rings. The maximum atomic E-state index is 13.4. The monoisotopic (exact) mass is 410 g/mol. The van der Waals surface area contributed by atoms with Gasteiger partial charge in [0.05, 0.1) is 13.2 Å². The number of fused-ring (bicyclic) bond motifs is 1. The van der Waals surface area contributed by atoms with Gasteiger partial charge in [-0.25, -0.2) is 9.18 Å². The van der Waals surface area contributed by atoms with Crippen molar-refractivity contribution in [2.24, 2.45) is 0 Å². The highest BCUT2D eigenvalue weighted by Crippen LogP contribution is 2.24. The summed E-state index contributed by atoms with van der Waals surface area (Å²) in [5, 5.41) is 4.46. The molecule has 1 atom stereocenters. The highest BCUT2D eigenvalue weighted by Gasteiger charge is 2.22. The summed E-state index contributed by atoms with van der Waals surface area (Å²) in [4.78, 5) is 14.5. The minimum atomic E-state index is -0.337. The summed E-state index contributed by atoms with van der Waals surface area (Å²) in [6.07, 6.45) is 0.